The second-order valence-corrected chi connectivity index (χ2v) is 10.5. The van der Waals surface area contributed by atoms with Gasteiger partial charge < -0.3 is 25.7 Å². The van der Waals surface area contributed by atoms with E-state index in [-0.39, 0.29) is 33.7 Å². The van der Waals surface area contributed by atoms with Gasteiger partial charge in [0.2, 0.25) is 0 Å². The molecule has 2 atom stereocenters. The Kier molecular flexibility index (Phi) is 6.97. The average Bonchev–Trinajstić information content (AvgIpc) is 3.47. The largest absolute Gasteiger partial charge is 0.477 e. The van der Waals surface area contributed by atoms with Crippen molar-refractivity contribution in [3.8, 4) is 0 Å². The van der Waals surface area contributed by atoms with Gasteiger partial charge in [0.1, 0.15) is 35.7 Å². The zero-order valence-corrected chi connectivity index (χ0v) is 22.2. The van der Waals surface area contributed by atoms with Crippen molar-refractivity contribution in [1.29, 1.82) is 0 Å². The smallest absolute Gasteiger partial charge is 0.352 e. The molecule has 200 valence electrons. The van der Waals surface area contributed by atoms with Gasteiger partial charge in [-0.05, 0) is 24.1 Å². The number of carbonyl (C=O) groups excluding carboxylic acids is 3. The Morgan fingerprint density at radius 1 is 1.31 bits per heavy atom. The van der Waals surface area contributed by atoms with Crippen LogP contribution in [-0.4, -0.2) is 68.7 Å². The molecule has 3 aliphatic heterocycles. The average molecular weight is 568 g/mol. The van der Waals surface area contributed by atoms with E-state index in [1.54, 1.807) is 31.2 Å². The van der Waals surface area contributed by atoms with Crippen molar-refractivity contribution >= 4 is 63.3 Å². The first kappa shape index (κ1) is 26.2. The van der Waals surface area contributed by atoms with Crippen LogP contribution in [0.2, 0.25) is 0 Å². The second kappa shape index (κ2) is 10.4. The molecule has 14 heteroatoms. The van der Waals surface area contributed by atoms with E-state index in [1.165, 1.54) is 30.3 Å². The fourth-order valence-corrected chi connectivity index (χ4v) is 6.25. The molecule has 2 amide bonds. The van der Waals surface area contributed by atoms with Crippen molar-refractivity contribution in [1.82, 2.24) is 15.2 Å². The van der Waals surface area contributed by atoms with Crippen LogP contribution < -0.4 is 11.1 Å². The Balaban J connectivity index is 1.40. The molecule has 1 aromatic heterocycles. The van der Waals surface area contributed by atoms with Crippen LogP contribution in [-0.2, 0) is 28.8 Å². The summed E-state index contributed by atoms with van der Waals surface area (Å²) < 4.78 is 5.46. The molecule has 12 nitrogen and oxygen atoms in total. The lowest BCUT2D eigenvalue weighted by molar-refractivity contribution is -0.150. The summed E-state index contributed by atoms with van der Waals surface area (Å²) in [6.07, 6.45) is 1.48. The SMILES string of the molecule is CO/N=C(\C(=O)N[C@@H]1C(=O)N2C(C(=O)O)=C(/C=C3/OC(=O)C(c4ccccc4)=C3C)CS[C@H]12)c1csc(N)n1. The number of rotatable bonds is 7. The lowest BCUT2D eigenvalue weighted by Gasteiger charge is -2.49. The molecule has 4 N–H and O–H groups in total. The molecule has 5 rings (SSSR count). The fourth-order valence-electron chi connectivity index (χ4n) is 4.39. The van der Waals surface area contributed by atoms with E-state index in [4.69, 9.17) is 15.3 Å². The summed E-state index contributed by atoms with van der Waals surface area (Å²) >= 11 is 2.38. The van der Waals surface area contributed by atoms with E-state index in [9.17, 15) is 24.3 Å². The van der Waals surface area contributed by atoms with Crippen LogP contribution in [0, 0.1) is 0 Å². The van der Waals surface area contributed by atoms with Crippen molar-refractivity contribution in [2.24, 2.45) is 5.16 Å². The molecule has 3 aliphatic rings. The number of carboxylic acids is 1. The Hall–Kier alpha value is -4.43. The van der Waals surface area contributed by atoms with E-state index in [0.717, 1.165) is 16.2 Å². The molecule has 0 aliphatic carbocycles. The van der Waals surface area contributed by atoms with E-state index in [2.05, 4.69) is 15.5 Å². The van der Waals surface area contributed by atoms with Crippen molar-refractivity contribution in [2.75, 3.05) is 18.6 Å². The van der Waals surface area contributed by atoms with Crippen LogP contribution in [0.4, 0.5) is 5.13 Å². The second-order valence-electron chi connectivity index (χ2n) is 8.50. The van der Waals surface area contributed by atoms with E-state index < -0.39 is 35.2 Å². The Bertz CT molecular complexity index is 1530. The normalized spacial score (nSPS) is 22.1. The molecule has 0 radical (unpaired) electrons. The number of nitrogens with zero attached hydrogens (tertiary/aromatic N) is 3. The first-order valence-electron chi connectivity index (χ1n) is 11.5. The maximum Gasteiger partial charge on any atom is 0.352 e. The number of β-lactam (4-membered cyclic amide) rings is 1. The number of aromatic nitrogens is 1. The topological polar surface area (TPSA) is 174 Å². The number of cyclic esters (lactones) is 1. The van der Waals surface area contributed by atoms with Crippen LogP contribution in [0.5, 0.6) is 0 Å². The Labute approximate surface area is 229 Å². The summed E-state index contributed by atoms with van der Waals surface area (Å²) in [6.45, 7) is 1.72. The maximum atomic E-state index is 13.1. The highest BCUT2D eigenvalue weighted by Gasteiger charge is 2.54. The highest BCUT2D eigenvalue weighted by Crippen LogP contribution is 2.42. The molecule has 2 aromatic rings. The lowest BCUT2D eigenvalue weighted by Crippen LogP contribution is -2.71. The highest BCUT2D eigenvalue weighted by molar-refractivity contribution is 8.00. The number of nitrogen functional groups attached to an aromatic ring is 1. The van der Waals surface area contributed by atoms with Crippen molar-refractivity contribution in [3.05, 3.63) is 75.6 Å². The highest BCUT2D eigenvalue weighted by atomic mass is 32.2. The molecule has 1 aromatic carbocycles. The molecule has 39 heavy (non-hydrogen) atoms. The molecule has 4 heterocycles. The quantitative estimate of drug-likeness (QED) is 0.193. The molecular formula is C25H21N5O7S2. The standard InChI is InChI=1S/C25H21N5O7S2/c1-11-15(37-24(35)16(11)12-6-4-3-5-7-12)8-13-9-38-22-18(21(32)30(22)19(13)23(33)34)28-20(31)17(29-36-2)14-10-39-25(26)27-14/h3-8,10,18,22H,9H2,1-2H3,(H2,26,27)(H,28,31)(H,33,34)/b15-8+,29-17-/t18-,22-/m1/s1. The molecule has 0 bridgehead atoms. The van der Waals surface area contributed by atoms with E-state index in [1.807, 2.05) is 6.07 Å². The number of ether oxygens (including phenoxy) is 1. The number of hydrogen-bond acceptors (Lipinski definition) is 11. The van der Waals surface area contributed by atoms with E-state index in [0.29, 0.717) is 22.3 Å². The molecule has 0 saturated carbocycles. The number of hydrogen-bond donors (Lipinski definition) is 3. The summed E-state index contributed by atoms with van der Waals surface area (Å²) in [6, 6.07) is 8.00. The van der Waals surface area contributed by atoms with Gasteiger partial charge >= 0.3 is 11.9 Å². The van der Waals surface area contributed by atoms with Gasteiger partial charge in [0.05, 0.1) is 5.57 Å². The third kappa shape index (κ3) is 4.68. The number of amides is 2. The van der Waals surface area contributed by atoms with E-state index >= 15 is 0 Å². The van der Waals surface area contributed by atoms with Gasteiger partial charge in [0.15, 0.2) is 10.8 Å². The zero-order chi connectivity index (χ0) is 27.8. The first-order valence-corrected chi connectivity index (χ1v) is 13.4. The van der Waals surface area contributed by atoms with Gasteiger partial charge in [-0.1, -0.05) is 35.5 Å². The number of aliphatic carboxylic acids is 1. The van der Waals surface area contributed by atoms with Gasteiger partial charge in [0, 0.05) is 16.7 Å². The number of thioether (sulfide) groups is 1. The summed E-state index contributed by atoms with van der Waals surface area (Å²) in [5, 5.41) is 17.4. The third-order valence-electron chi connectivity index (χ3n) is 6.17. The number of thiazole rings is 1. The number of anilines is 1. The van der Waals surface area contributed by atoms with Gasteiger partial charge in [0.25, 0.3) is 11.8 Å². The van der Waals surface area contributed by atoms with Crippen molar-refractivity contribution < 1.29 is 33.9 Å². The Morgan fingerprint density at radius 2 is 2.05 bits per heavy atom. The number of nitrogens with one attached hydrogen (secondary N) is 1. The molecule has 1 saturated heterocycles. The first-order chi connectivity index (χ1) is 18.7. The van der Waals surface area contributed by atoms with Crippen LogP contribution in [0.15, 0.2) is 69.5 Å². The van der Waals surface area contributed by atoms with Crippen LogP contribution in [0.25, 0.3) is 5.57 Å². The minimum absolute atomic E-state index is 0.170. The predicted octanol–water partition coefficient (Wildman–Crippen LogP) is 1.73. The zero-order valence-electron chi connectivity index (χ0n) is 20.5. The number of nitrogens with two attached hydrogens (primary N) is 1. The van der Waals surface area contributed by atoms with Gasteiger partial charge in [-0.2, -0.15) is 0 Å². The number of carbonyl (C=O) groups is 4. The summed E-state index contributed by atoms with van der Waals surface area (Å²) in [4.78, 5) is 60.8. The monoisotopic (exact) mass is 567 g/mol. The number of carboxylic acid groups (broad SMARTS) is 1. The third-order valence-corrected chi connectivity index (χ3v) is 8.14. The van der Waals surface area contributed by atoms with Crippen LogP contribution in [0.1, 0.15) is 18.2 Å². The molecule has 1 fully saturated rings. The minimum Gasteiger partial charge on any atom is -0.477 e. The van der Waals surface area contributed by atoms with Gasteiger partial charge in [-0.25, -0.2) is 14.6 Å². The van der Waals surface area contributed by atoms with Crippen LogP contribution >= 0.6 is 23.1 Å². The lowest BCUT2D eigenvalue weighted by atomic mass is 9.99. The van der Waals surface area contributed by atoms with Gasteiger partial charge in [-0.15, -0.1) is 23.1 Å². The van der Waals surface area contributed by atoms with Crippen molar-refractivity contribution in [2.45, 2.75) is 18.3 Å². The number of esters is 1. The molecule has 0 unspecified atom stereocenters. The number of benzene rings is 1. The predicted molar refractivity (Wildman–Crippen MR) is 143 cm³/mol. The van der Waals surface area contributed by atoms with Crippen molar-refractivity contribution in [3.63, 3.8) is 0 Å². The Morgan fingerprint density at radius 3 is 2.69 bits per heavy atom. The summed E-state index contributed by atoms with van der Waals surface area (Å²) in [5.74, 6) is -2.78. The number of oxime groups is 1. The summed E-state index contributed by atoms with van der Waals surface area (Å²) in [7, 11) is 1.26. The van der Waals surface area contributed by atoms with Gasteiger partial charge in [-0.3, -0.25) is 14.5 Å². The number of fused-ring (bicyclic) bond motifs is 1. The molecule has 0 spiro atoms. The number of allylic oxidation sites excluding steroid dienone is 2. The summed E-state index contributed by atoms with van der Waals surface area (Å²) in [5.41, 5.74) is 7.35. The molecular weight excluding hydrogens is 546 g/mol. The maximum absolute atomic E-state index is 13.1. The van der Waals surface area contributed by atoms with Crippen LogP contribution in [0.3, 0.4) is 0 Å². The fraction of sp³-hybridized carbons (Fsp3) is 0.200. The minimum atomic E-state index is -1.32.